The summed E-state index contributed by atoms with van der Waals surface area (Å²) in [4.78, 5) is 23.5. The van der Waals surface area contributed by atoms with E-state index in [0.29, 0.717) is 37.0 Å². The molecule has 3 rings (SSSR count). The number of carbonyl (C=O) groups is 1. The van der Waals surface area contributed by atoms with Gasteiger partial charge in [-0.1, -0.05) is 0 Å². The Hall–Kier alpha value is -2.48. The van der Waals surface area contributed by atoms with Crippen molar-refractivity contribution < 1.29 is 14.3 Å². The normalized spacial score (nSPS) is 20.3. The molecule has 2 aromatic heterocycles. The third kappa shape index (κ3) is 3.70. The summed E-state index contributed by atoms with van der Waals surface area (Å²) in [6, 6.07) is 1.96. The van der Waals surface area contributed by atoms with Crippen molar-refractivity contribution in [1.29, 1.82) is 0 Å². The molecular formula is C18H25N5O3. The molecule has 0 aliphatic carbocycles. The minimum Gasteiger partial charge on any atom is -0.462 e. The molecule has 0 unspecified atom stereocenters. The van der Waals surface area contributed by atoms with Gasteiger partial charge >= 0.3 is 5.97 Å². The number of rotatable bonds is 4. The SMILES string of the molecule is CCOC(=O)c1cnc(-n2nc(C)cc2C)nc1N1C[C@@H](C)O[C@H](C)C1. The first-order chi connectivity index (χ1) is 12.4. The number of ether oxygens (including phenoxy) is 2. The molecule has 2 atom stereocenters. The van der Waals surface area contributed by atoms with Crippen molar-refractivity contribution in [1.82, 2.24) is 19.7 Å². The Kier molecular flexibility index (Phi) is 5.22. The second kappa shape index (κ2) is 7.41. The van der Waals surface area contributed by atoms with Gasteiger partial charge < -0.3 is 14.4 Å². The fraction of sp³-hybridized carbons (Fsp3) is 0.556. The molecule has 0 N–H and O–H groups in total. The molecule has 0 radical (unpaired) electrons. The lowest BCUT2D eigenvalue weighted by Crippen LogP contribution is -2.46. The topological polar surface area (TPSA) is 82.4 Å². The summed E-state index contributed by atoms with van der Waals surface area (Å²) in [5.74, 6) is 0.572. The highest BCUT2D eigenvalue weighted by molar-refractivity contribution is 5.94. The third-order valence-corrected chi connectivity index (χ3v) is 4.17. The zero-order valence-corrected chi connectivity index (χ0v) is 15.9. The van der Waals surface area contributed by atoms with Gasteiger partial charge in [-0.05, 0) is 40.7 Å². The summed E-state index contributed by atoms with van der Waals surface area (Å²) >= 11 is 0. The van der Waals surface area contributed by atoms with E-state index in [-0.39, 0.29) is 12.2 Å². The van der Waals surface area contributed by atoms with Gasteiger partial charge in [-0.2, -0.15) is 10.1 Å². The zero-order valence-electron chi connectivity index (χ0n) is 15.9. The number of hydrogen-bond acceptors (Lipinski definition) is 7. The van der Waals surface area contributed by atoms with Crippen LogP contribution in [0.3, 0.4) is 0 Å². The second-order valence-corrected chi connectivity index (χ2v) is 6.63. The molecule has 0 aromatic carbocycles. The monoisotopic (exact) mass is 359 g/mol. The molecule has 1 fully saturated rings. The Morgan fingerprint density at radius 1 is 1.31 bits per heavy atom. The van der Waals surface area contributed by atoms with Gasteiger partial charge in [0.1, 0.15) is 11.4 Å². The Morgan fingerprint density at radius 2 is 2.00 bits per heavy atom. The smallest absolute Gasteiger partial charge is 0.343 e. The Labute approximate surface area is 153 Å². The zero-order chi connectivity index (χ0) is 18.8. The molecule has 0 spiro atoms. The lowest BCUT2D eigenvalue weighted by Gasteiger charge is -2.36. The summed E-state index contributed by atoms with van der Waals surface area (Å²) in [6.45, 7) is 11.2. The Balaban J connectivity index is 2.06. The van der Waals surface area contributed by atoms with Crippen molar-refractivity contribution >= 4 is 11.8 Å². The molecule has 8 nitrogen and oxygen atoms in total. The lowest BCUT2D eigenvalue weighted by molar-refractivity contribution is -0.00561. The standard InChI is InChI=1S/C18H25N5O3/c1-6-25-17(24)15-8-19-18(23-12(3)7-11(2)21-23)20-16(15)22-9-13(4)26-14(5)10-22/h7-8,13-14H,6,9-10H2,1-5H3/t13-,14-/m1/s1. The van der Waals surface area contributed by atoms with Crippen LogP contribution in [-0.4, -0.2) is 57.6 Å². The quantitative estimate of drug-likeness (QED) is 0.773. The van der Waals surface area contributed by atoms with Crippen LogP contribution < -0.4 is 4.90 Å². The van der Waals surface area contributed by atoms with Crippen LogP contribution in [0.2, 0.25) is 0 Å². The second-order valence-electron chi connectivity index (χ2n) is 6.63. The summed E-state index contributed by atoms with van der Waals surface area (Å²) in [5.41, 5.74) is 2.18. The third-order valence-electron chi connectivity index (χ3n) is 4.17. The molecule has 8 heteroatoms. The van der Waals surface area contributed by atoms with E-state index in [1.807, 2.05) is 33.8 Å². The molecule has 0 saturated carbocycles. The highest BCUT2D eigenvalue weighted by Crippen LogP contribution is 2.24. The number of morpholine rings is 1. The van der Waals surface area contributed by atoms with E-state index in [2.05, 4.69) is 20.0 Å². The predicted molar refractivity (Wildman–Crippen MR) is 96.8 cm³/mol. The van der Waals surface area contributed by atoms with Crippen LogP contribution in [0.1, 0.15) is 42.5 Å². The van der Waals surface area contributed by atoms with Gasteiger partial charge in [-0.15, -0.1) is 0 Å². The first kappa shape index (κ1) is 18.3. The number of aryl methyl sites for hydroxylation is 2. The summed E-state index contributed by atoms with van der Waals surface area (Å²) < 4.78 is 12.7. The molecule has 1 aliphatic rings. The van der Waals surface area contributed by atoms with E-state index in [1.165, 1.54) is 6.20 Å². The van der Waals surface area contributed by atoms with Crippen molar-refractivity contribution in [2.24, 2.45) is 0 Å². The van der Waals surface area contributed by atoms with E-state index in [4.69, 9.17) is 9.47 Å². The largest absolute Gasteiger partial charge is 0.462 e. The van der Waals surface area contributed by atoms with Crippen LogP contribution in [0.15, 0.2) is 12.3 Å². The fourth-order valence-corrected chi connectivity index (χ4v) is 3.24. The molecule has 140 valence electrons. The molecule has 0 bridgehead atoms. The maximum atomic E-state index is 12.4. The van der Waals surface area contributed by atoms with E-state index < -0.39 is 5.97 Å². The molecule has 3 heterocycles. The number of hydrogen-bond donors (Lipinski definition) is 0. The molecule has 2 aromatic rings. The van der Waals surface area contributed by atoms with Crippen LogP contribution >= 0.6 is 0 Å². The average Bonchev–Trinajstić information content (AvgIpc) is 2.92. The van der Waals surface area contributed by atoms with Crippen LogP contribution in [-0.2, 0) is 9.47 Å². The lowest BCUT2D eigenvalue weighted by atomic mass is 10.2. The highest BCUT2D eigenvalue weighted by atomic mass is 16.5. The summed E-state index contributed by atoms with van der Waals surface area (Å²) in [5, 5.41) is 4.44. The summed E-state index contributed by atoms with van der Waals surface area (Å²) in [6.07, 6.45) is 1.61. The van der Waals surface area contributed by atoms with E-state index in [9.17, 15) is 4.79 Å². The van der Waals surface area contributed by atoms with Crippen LogP contribution in [0.5, 0.6) is 0 Å². The number of esters is 1. The van der Waals surface area contributed by atoms with Gasteiger partial charge in [0.05, 0.1) is 24.5 Å². The van der Waals surface area contributed by atoms with Gasteiger partial charge in [-0.3, -0.25) is 0 Å². The minimum atomic E-state index is -0.422. The van der Waals surface area contributed by atoms with Crippen molar-refractivity contribution in [3.63, 3.8) is 0 Å². The van der Waals surface area contributed by atoms with Crippen LogP contribution in [0.25, 0.3) is 5.95 Å². The van der Waals surface area contributed by atoms with Gasteiger partial charge in [0.25, 0.3) is 5.95 Å². The number of anilines is 1. The van der Waals surface area contributed by atoms with E-state index >= 15 is 0 Å². The molecular weight excluding hydrogens is 334 g/mol. The number of carbonyl (C=O) groups excluding carboxylic acids is 1. The van der Waals surface area contributed by atoms with Crippen molar-refractivity contribution in [3.8, 4) is 5.95 Å². The summed E-state index contributed by atoms with van der Waals surface area (Å²) in [7, 11) is 0. The molecule has 26 heavy (non-hydrogen) atoms. The molecule has 1 aliphatic heterocycles. The van der Waals surface area contributed by atoms with Gasteiger partial charge in [0, 0.05) is 25.0 Å². The Morgan fingerprint density at radius 3 is 2.58 bits per heavy atom. The average molecular weight is 359 g/mol. The van der Waals surface area contributed by atoms with Crippen molar-refractivity contribution in [2.45, 2.75) is 46.8 Å². The fourth-order valence-electron chi connectivity index (χ4n) is 3.24. The highest BCUT2D eigenvalue weighted by Gasteiger charge is 2.28. The Bertz CT molecular complexity index is 794. The van der Waals surface area contributed by atoms with E-state index in [0.717, 1.165) is 11.4 Å². The van der Waals surface area contributed by atoms with Crippen LogP contribution in [0.4, 0.5) is 5.82 Å². The van der Waals surface area contributed by atoms with Crippen LogP contribution in [0, 0.1) is 13.8 Å². The van der Waals surface area contributed by atoms with E-state index in [1.54, 1.807) is 11.6 Å². The van der Waals surface area contributed by atoms with Gasteiger partial charge in [0.15, 0.2) is 0 Å². The predicted octanol–water partition coefficient (Wildman–Crippen LogP) is 2.07. The molecule has 1 saturated heterocycles. The number of aromatic nitrogens is 4. The van der Waals surface area contributed by atoms with Gasteiger partial charge in [0.2, 0.25) is 0 Å². The maximum absolute atomic E-state index is 12.4. The minimum absolute atomic E-state index is 0.0425. The first-order valence-electron chi connectivity index (χ1n) is 8.87. The maximum Gasteiger partial charge on any atom is 0.343 e. The van der Waals surface area contributed by atoms with Crippen molar-refractivity contribution in [3.05, 3.63) is 29.2 Å². The van der Waals surface area contributed by atoms with Crippen molar-refractivity contribution in [2.75, 3.05) is 24.6 Å². The number of nitrogens with zero attached hydrogens (tertiary/aromatic N) is 5. The molecule has 0 amide bonds. The van der Waals surface area contributed by atoms with Gasteiger partial charge in [-0.25, -0.2) is 14.5 Å². The first-order valence-corrected chi connectivity index (χ1v) is 8.87.